The van der Waals surface area contributed by atoms with Gasteiger partial charge in [-0.1, -0.05) is 72.8 Å². The Morgan fingerprint density at radius 3 is 0.611 bits per heavy atom. The molecule has 0 spiro atoms. The first-order valence-corrected chi connectivity index (χ1v) is 29.5. The molecule has 0 aliphatic heterocycles. The summed E-state index contributed by atoms with van der Waals surface area (Å²) in [5.74, 6) is 1.64. The molecule has 0 aliphatic rings. The fourth-order valence-corrected chi connectivity index (χ4v) is 9.44. The van der Waals surface area contributed by atoms with Gasteiger partial charge in [0.25, 0.3) is 0 Å². The van der Waals surface area contributed by atoms with Crippen LogP contribution in [0.2, 0.25) is 0 Å². The molecule has 0 radical (unpaired) electrons. The second kappa shape index (κ2) is 30.6. The topological polar surface area (TPSA) is 118 Å². The van der Waals surface area contributed by atoms with Crippen molar-refractivity contribution >= 4 is 70.2 Å². The number of carbonyl (C=O) groups excluding carboxylic acids is 4. The molecule has 9 rings (SSSR count). The minimum atomic E-state index is -0.139. The highest BCUT2D eigenvalue weighted by molar-refractivity contribution is 6.08. The van der Waals surface area contributed by atoms with Crippen LogP contribution in [0.25, 0.3) is 24.3 Å². The molecule has 12 heteroatoms. The summed E-state index contributed by atoms with van der Waals surface area (Å²) >= 11 is 0. The summed E-state index contributed by atoms with van der Waals surface area (Å²) in [6, 6.07) is 64.1. The van der Waals surface area contributed by atoms with Crippen LogP contribution in [-0.4, -0.2) is 79.5 Å². The summed E-state index contributed by atoms with van der Waals surface area (Å²) in [6.45, 7) is 0.484. The lowest BCUT2D eigenvalue weighted by Gasteiger charge is -2.19. The fraction of sp³-hybridized carbons (Fsp3) is 0.154. The molecular formula is C78H74N4O8. The number of hydrogen-bond acceptors (Lipinski definition) is 12. The van der Waals surface area contributed by atoms with E-state index < -0.39 is 0 Å². The highest BCUT2D eigenvalue weighted by atomic mass is 16.5. The van der Waals surface area contributed by atoms with E-state index in [4.69, 9.17) is 18.9 Å². The number of allylic oxidation sites excluding steroid dienone is 4. The first-order chi connectivity index (χ1) is 43.5. The average molecular weight is 1200 g/mol. The van der Waals surface area contributed by atoms with Crippen molar-refractivity contribution in [2.45, 2.75) is 26.4 Å². The maximum atomic E-state index is 13.3. The number of anilines is 4. The van der Waals surface area contributed by atoms with Gasteiger partial charge in [0.2, 0.25) is 0 Å². The summed E-state index contributed by atoms with van der Waals surface area (Å²) in [5, 5.41) is 0. The zero-order valence-electron chi connectivity index (χ0n) is 52.1. The number of ketones is 4. The number of rotatable bonds is 28. The lowest BCUT2D eigenvalue weighted by molar-refractivity contribution is 0.103. The molecule has 0 unspecified atom stereocenters. The summed E-state index contributed by atoms with van der Waals surface area (Å²) < 4.78 is 25.9. The number of benzene rings is 9. The van der Waals surface area contributed by atoms with Crippen LogP contribution in [0.15, 0.2) is 231 Å². The normalized spacial score (nSPS) is 11.3. The highest BCUT2D eigenvalue weighted by Crippen LogP contribution is 2.28. The van der Waals surface area contributed by atoms with Gasteiger partial charge in [-0.25, -0.2) is 0 Å². The zero-order valence-corrected chi connectivity index (χ0v) is 52.1. The molecule has 9 aromatic carbocycles. The van der Waals surface area contributed by atoms with Gasteiger partial charge in [-0.15, -0.1) is 0 Å². The van der Waals surface area contributed by atoms with Gasteiger partial charge in [-0.2, -0.15) is 0 Å². The molecule has 0 amide bonds. The van der Waals surface area contributed by atoms with Gasteiger partial charge in [0.1, 0.15) is 49.4 Å². The first-order valence-electron chi connectivity index (χ1n) is 29.5. The smallest absolute Gasteiger partial charge is 0.185 e. The summed E-state index contributed by atoms with van der Waals surface area (Å²) in [7, 11) is 15.9. The standard InChI is InChI=1S/C78H74N4O8/c1-79(2)67-29-9-55(10-30-67)17-45-75(83)59-21-37-71(38-22-59)87-51-63-49-65(53-89-73-41-25-61(26-42-73)77(85)47-19-57-13-33-69(34-14-57)81(5)6)66(54-90-74-43-27-62(28-44-74)78(86)48-20-58-15-35-70(36-16-58)82(7)8)50-64(63)52-88-72-39-23-60(24-40-72)76(84)46-18-56-11-31-68(32-12-56)80(3)4/h9-50H,51-54H2,1-8H3/b45-17+,46-18+,47-19+,48-20+. The molecule has 0 N–H and O–H groups in total. The molecular weight excluding hydrogens is 1120 g/mol. The second-order valence-electron chi connectivity index (χ2n) is 22.4. The number of hydrogen-bond donors (Lipinski definition) is 0. The Morgan fingerprint density at radius 2 is 0.444 bits per heavy atom. The van der Waals surface area contributed by atoms with Crippen LogP contribution in [0.3, 0.4) is 0 Å². The Hall–Kier alpha value is -11.0. The van der Waals surface area contributed by atoms with E-state index in [0.29, 0.717) is 45.3 Å². The van der Waals surface area contributed by atoms with Crippen molar-refractivity contribution in [1.29, 1.82) is 0 Å². The van der Waals surface area contributed by atoms with Gasteiger partial charge in [0.05, 0.1) is 0 Å². The third-order valence-corrected chi connectivity index (χ3v) is 15.0. The quantitative estimate of drug-likeness (QED) is 0.0343. The largest absolute Gasteiger partial charge is 0.489 e. The summed E-state index contributed by atoms with van der Waals surface area (Å²) in [6.07, 6.45) is 13.5. The van der Waals surface area contributed by atoms with E-state index in [0.717, 1.165) is 67.3 Å². The van der Waals surface area contributed by atoms with Crippen LogP contribution in [0, 0.1) is 0 Å². The Morgan fingerprint density at radius 1 is 0.267 bits per heavy atom. The van der Waals surface area contributed by atoms with E-state index in [9.17, 15) is 19.2 Å². The molecule has 9 aromatic rings. The Labute approximate surface area is 528 Å². The first kappa shape index (κ1) is 63.5. The second-order valence-corrected chi connectivity index (χ2v) is 22.4. The average Bonchev–Trinajstić information content (AvgIpc) is 2.61. The molecule has 0 fully saturated rings. The van der Waals surface area contributed by atoms with Crippen LogP contribution in [-0.2, 0) is 26.4 Å². The summed E-state index contributed by atoms with van der Waals surface area (Å²) in [4.78, 5) is 61.3. The third-order valence-electron chi connectivity index (χ3n) is 15.0. The molecule has 0 bridgehead atoms. The number of ether oxygens (including phenoxy) is 4. The van der Waals surface area contributed by atoms with Crippen LogP contribution in [0.4, 0.5) is 22.7 Å². The van der Waals surface area contributed by atoms with Gasteiger partial charge >= 0.3 is 0 Å². The molecule has 12 nitrogen and oxygen atoms in total. The Balaban J connectivity index is 0.962. The lowest BCUT2D eigenvalue weighted by atomic mass is 9.99. The molecule has 0 atom stereocenters. The third kappa shape index (κ3) is 18.1. The maximum Gasteiger partial charge on any atom is 0.185 e. The van der Waals surface area contributed by atoms with Gasteiger partial charge in [-0.3, -0.25) is 19.2 Å². The minimum Gasteiger partial charge on any atom is -0.489 e. The molecule has 0 aliphatic carbocycles. The van der Waals surface area contributed by atoms with E-state index in [1.807, 2.05) is 185 Å². The van der Waals surface area contributed by atoms with E-state index >= 15 is 0 Å². The van der Waals surface area contributed by atoms with Crippen LogP contribution in [0.5, 0.6) is 23.0 Å². The van der Waals surface area contributed by atoms with Gasteiger partial charge < -0.3 is 38.5 Å². The Bertz CT molecular complexity index is 3490. The van der Waals surface area contributed by atoms with Crippen molar-refractivity contribution in [2.75, 3.05) is 76.0 Å². The molecule has 0 aromatic heterocycles. The van der Waals surface area contributed by atoms with Gasteiger partial charge in [0, 0.05) is 101 Å². The van der Waals surface area contributed by atoms with Gasteiger partial charge in [-0.05, 0) is 227 Å². The monoisotopic (exact) mass is 1190 g/mol. The SMILES string of the molecule is CN(C)c1ccc(/C=C/C(=O)c2ccc(OCc3cc(COc4ccc(C(=O)/C=C/c5ccc(N(C)C)cc5)cc4)c(COc4ccc(C(=O)/C=C/c5ccc(N(C)C)cc5)cc4)cc3COc3ccc(C(=O)/C=C/c4ccc(N(C)C)cc4)cc3)cc2)cc1. The van der Waals surface area contributed by atoms with Crippen molar-refractivity contribution in [3.05, 3.63) is 297 Å². The van der Waals surface area contributed by atoms with E-state index in [1.165, 1.54) is 0 Å². The van der Waals surface area contributed by atoms with E-state index in [2.05, 4.69) is 0 Å². The minimum absolute atomic E-state index is 0.121. The molecule has 0 heterocycles. The van der Waals surface area contributed by atoms with E-state index in [-0.39, 0.29) is 49.6 Å². The molecule has 90 heavy (non-hydrogen) atoms. The number of carbonyl (C=O) groups is 4. The molecule has 0 saturated carbocycles. The van der Waals surface area contributed by atoms with Crippen LogP contribution < -0.4 is 38.5 Å². The summed E-state index contributed by atoms with van der Waals surface area (Å²) in [5.41, 5.74) is 13.2. The molecule has 0 saturated heterocycles. The predicted octanol–water partition coefficient (Wildman–Crippen LogP) is 15.9. The highest BCUT2D eigenvalue weighted by Gasteiger charge is 2.16. The van der Waals surface area contributed by atoms with Crippen molar-refractivity contribution < 1.29 is 38.1 Å². The van der Waals surface area contributed by atoms with Crippen LogP contribution in [0.1, 0.15) is 85.9 Å². The van der Waals surface area contributed by atoms with Gasteiger partial charge in [0.15, 0.2) is 23.1 Å². The Kier molecular flexibility index (Phi) is 21.6. The van der Waals surface area contributed by atoms with Crippen molar-refractivity contribution in [2.24, 2.45) is 0 Å². The fourth-order valence-electron chi connectivity index (χ4n) is 9.44. The van der Waals surface area contributed by atoms with Crippen molar-refractivity contribution in [3.8, 4) is 23.0 Å². The van der Waals surface area contributed by atoms with Crippen LogP contribution >= 0.6 is 0 Å². The predicted molar refractivity (Wildman–Crippen MR) is 366 cm³/mol. The van der Waals surface area contributed by atoms with Crippen molar-refractivity contribution in [1.82, 2.24) is 0 Å². The zero-order chi connectivity index (χ0) is 63.5. The number of nitrogens with zero attached hydrogens (tertiary/aromatic N) is 4. The lowest BCUT2D eigenvalue weighted by Crippen LogP contribution is -2.11. The van der Waals surface area contributed by atoms with E-state index in [1.54, 1.807) is 146 Å². The molecule has 454 valence electrons. The maximum absolute atomic E-state index is 13.3. The van der Waals surface area contributed by atoms with Crippen molar-refractivity contribution in [3.63, 3.8) is 0 Å².